The monoisotopic (exact) mass is 382 g/mol. The molecule has 0 radical (unpaired) electrons. The van der Waals surface area contributed by atoms with Gasteiger partial charge in [0.15, 0.2) is 11.5 Å². The summed E-state index contributed by atoms with van der Waals surface area (Å²) in [4.78, 5) is 21.2. The highest BCUT2D eigenvalue weighted by Gasteiger charge is 2.17. The molecule has 0 spiro atoms. The number of aromatic nitrogens is 1. The number of rotatable bonds is 6. The van der Waals surface area contributed by atoms with Crippen LogP contribution in [0.4, 0.5) is 10.6 Å². The Balaban J connectivity index is 1.31. The zero-order valence-electron chi connectivity index (χ0n) is 16.2. The van der Waals surface area contributed by atoms with E-state index in [2.05, 4.69) is 15.2 Å². The summed E-state index contributed by atoms with van der Waals surface area (Å²) in [5.41, 5.74) is 2.01. The molecule has 0 bridgehead atoms. The molecule has 1 aromatic heterocycles. The van der Waals surface area contributed by atoms with Gasteiger partial charge in [0.1, 0.15) is 5.82 Å². The third kappa shape index (κ3) is 4.13. The van der Waals surface area contributed by atoms with Crippen molar-refractivity contribution in [1.82, 2.24) is 15.2 Å². The number of nitrogens with zero attached hydrogens (tertiary/aromatic N) is 3. The predicted molar refractivity (Wildman–Crippen MR) is 107 cm³/mol. The Labute approximate surface area is 165 Å². The van der Waals surface area contributed by atoms with Crippen molar-refractivity contribution in [2.75, 3.05) is 31.3 Å². The van der Waals surface area contributed by atoms with Crippen molar-refractivity contribution in [3.8, 4) is 11.5 Å². The first kappa shape index (κ1) is 18.4. The topological polar surface area (TPSA) is 66.9 Å². The molecular weight excluding hydrogens is 356 g/mol. The van der Waals surface area contributed by atoms with E-state index in [0.717, 1.165) is 41.5 Å². The summed E-state index contributed by atoms with van der Waals surface area (Å²) in [6, 6.07) is 9.76. The highest BCUT2D eigenvalue weighted by atomic mass is 16.7. The fourth-order valence-corrected chi connectivity index (χ4v) is 3.53. The maximum absolute atomic E-state index is 12.6. The van der Waals surface area contributed by atoms with Crippen LogP contribution in [0.25, 0.3) is 0 Å². The van der Waals surface area contributed by atoms with Crippen LogP contribution in [0.3, 0.4) is 0 Å². The van der Waals surface area contributed by atoms with Gasteiger partial charge in [-0.1, -0.05) is 12.1 Å². The lowest BCUT2D eigenvalue weighted by atomic mass is 10.2. The number of anilines is 1. The predicted octanol–water partition coefficient (Wildman–Crippen LogP) is 3.14. The van der Waals surface area contributed by atoms with Crippen LogP contribution in [0, 0.1) is 0 Å². The highest BCUT2D eigenvalue weighted by molar-refractivity contribution is 5.74. The van der Waals surface area contributed by atoms with Crippen LogP contribution < -0.4 is 19.7 Å². The molecule has 1 fully saturated rings. The summed E-state index contributed by atoms with van der Waals surface area (Å²) >= 11 is 0. The molecule has 0 saturated carbocycles. The minimum atomic E-state index is -0.0937. The maximum atomic E-state index is 12.6. The fourth-order valence-electron chi connectivity index (χ4n) is 3.53. The summed E-state index contributed by atoms with van der Waals surface area (Å²) in [7, 11) is 0. The molecule has 1 saturated heterocycles. The molecule has 3 heterocycles. The van der Waals surface area contributed by atoms with E-state index in [1.54, 1.807) is 4.90 Å². The van der Waals surface area contributed by atoms with Gasteiger partial charge in [-0.3, -0.25) is 0 Å². The van der Waals surface area contributed by atoms with Crippen LogP contribution in [0.2, 0.25) is 0 Å². The van der Waals surface area contributed by atoms with Crippen LogP contribution in [0.1, 0.15) is 30.9 Å². The van der Waals surface area contributed by atoms with E-state index >= 15 is 0 Å². The van der Waals surface area contributed by atoms with Gasteiger partial charge < -0.3 is 24.6 Å². The third-order valence-corrected chi connectivity index (χ3v) is 5.16. The van der Waals surface area contributed by atoms with Gasteiger partial charge in [-0.05, 0) is 49.1 Å². The van der Waals surface area contributed by atoms with Crippen LogP contribution in [0.5, 0.6) is 11.5 Å². The second-order valence-electron chi connectivity index (χ2n) is 7.08. The Morgan fingerprint density at radius 1 is 1.14 bits per heavy atom. The second kappa shape index (κ2) is 8.37. The minimum Gasteiger partial charge on any atom is -0.454 e. The van der Waals surface area contributed by atoms with E-state index < -0.39 is 0 Å². The third-order valence-electron chi connectivity index (χ3n) is 5.16. The number of hydrogen-bond donors (Lipinski definition) is 1. The van der Waals surface area contributed by atoms with E-state index in [1.807, 2.05) is 43.5 Å². The Morgan fingerprint density at radius 2 is 1.93 bits per heavy atom. The molecule has 2 aliphatic rings. The standard InChI is InChI=1S/C21H26N4O3/c1-2-24(14-16-5-7-18-19(11-16)28-15-27-18)21(26)23-13-17-6-8-20(22-12-17)25-9-3-4-10-25/h5-8,11-12H,2-4,9-10,13-15H2,1H3,(H,23,26). The number of benzene rings is 1. The van der Waals surface area contributed by atoms with Gasteiger partial charge >= 0.3 is 6.03 Å². The fraction of sp³-hybridized carbons (Fsp3) is 0.429. The quantitative estimate of drug-likeness (QED) is 0.831. The number of urea groups is 1. The zero-order valence-corrected chi connectivity index (χ0v) is 16.2. The average molecular weight is 382 g/mol. The molecule has 2 aromatic rings. The van der Waals surface area contributed by atoms with Crippen molar-refractivity contribution >= 4 is 11.8 Å². The highest BCUT2D eigenvalue weighted by Crippen LogP contribution is 2.32. The van der Waals surface area contributed by atoms with Crippen molar-refractivity contribution in [1.29, 1.82) is 0 Å². The first-order chi connectivity index (χ1) is 13.7. The number of amides is 2. The Kier molecular flexibility index (Phi) is 5.50. The van der Waals surface area contributed by atoms with Crippen molar-refractivity contribution in [3.63, 3.8) is 0 Å². The van der Waals surface area contributed by atoms with Crippen molar-refractivity contribution in [2.24, 2.45) is 0 Å². The molecule has 0 aliphatic carbocycles. The molecule has 148 valence electrons. The number of pyridine rings is 1. The molecule has 2 amide bonds. The van der Waals surface area contributed by atoms with E-state index in [0.29, 0.717) is 19.6 Å². The Bertz CT molecular complexity index is 819. The first-order valence-corrected chi connectivity index (χ1v) is 9.84. The van der Waals surface area contributed by atoms with Gasteiger partial charge in [0.2, 0.25) is 6.79 Å². The van der Waals surface area contributed by atoms with Gasteiger partial charge in [-0.15, -0.1) is 0 Å². The normalized spacial score (nSPS) is 15.0. The number of nitrogens with one attached hydrogen (secondary N) is 1. The number of fused-ring (bicyclic) bond motifs is 1. The first-order valence-electron chi connectivity index (χ1n) is 9.84. The lowest BCUT2D eigenvalue weighted by Gasteiger charge is -2.22. The van der Waals surface area contributed by atoms with Crippen LogP contribution in [0.15, 0.2) is 36.5 Å². The molecule has 0 unspecified atom stereocenters. The number of hydrogen-bond acceptors (Lipinski definition) is 5. The molecule has 1 aromatic carbocycles. The van der Waals surface area contributed by atoms with Crippen LogP contribution in [-0.4, -0.2) is 42.3 Å². The van der Waals surface area contributed by atoms with E-state index in [9.17, 15) is 4.79 Å². The summed E-state index contributed by atoms with van der Waals surface area (Å²) < 4.78 is 10.8. The van der Waals surface area contributed by atoms with Gasteiger partial charge in [-0.2, -0.15) is 0 Å². The van der Waals surface area contributed by atoms with Crippen molar-refractivity contribution in [3.05, 3.63) is 47.7 Å². The van der Waals surface area contributed by atoms with Gasteiger partial charge in [0.05, 0.1) is 0 Å². The van der Waals surface area contributed by atoms with Gasteiger partial charge in [0, 0.05) is 38.9 Å². The smallest absolute Gasteiger partial charge is 0.317 e. The molecular formula is C21H26N4O3. The Hall–Kier alpha value is -2.96. The molecule has 2 aliphatic heterocycles. The number of ether oxygens (including phenoxy) is 2. The molecule has 28 heavy (non-hydrogen) atoms. The van der Waals surface area contributed by atoms with E-state index in [4.69, 9.17) is 9.47 Å². The van der Waals surface area contributed by atoms with Crippen LogP contribution in [-0.2, 0) is 13.1 Å². The molecule has 7 nitrogen and oxygen atoms in total. The number of carbonyl (C=O) groups is 1. The summed E-state index contributed by atoms with van der Waals surface area (Å²) in [6.45, 7) is 5.98. The Morgan fingerprint density at radius 3 is 2.68 bits per heavy atom. The zero-order chi connectivity index (χ0) is 19.3. The molecule has 1 N–H and O–H groups in total. The molecule has 7 heteroatoms. The molecule has 4 rings (SSSR count). The lowest BCUT2D eigenvalue weighted by molar-refractivity contribution is 0.173. The van der Waals surface area contributed by atoms with Crippen molar-refractivity contribution < 1.29 is 14.3 Å². The lowest BCUT2D eigenvalue weighted by Crippen LogP contribution is -2.39. The van der Waals surface area contributed by atoms with Crippen LogP contribution >= 0.6 is 0 Å². The summed E-state index contributed by atoms with van der Waals surface area (Å²) in [6.07, 6.45) is 4.31. The van der Waals surface area contributed by atoms with Gasteiger partial charge in [0.25, 0.3) is 0 Å². The van der Waals surface area contributed by atoms with E-state index in [1.165, 1.54) is 12.8 Å². The second-order valence-corrected chi connectivity index (χ2v) is 7.08. The molecule has 0 atom stereocenters. The van der Waals surface area contributed by atoms with Crippen molar-refractivity contribution in [2.45, 2.75) is 32.9 Å². The maximum Gasteiger partial charge on any atom is 0.317 e. The minimum absolute atomic E-state index is 0.0937. The average Bonchev–Trinajstić information content (AvgIpc) is 3.42. The SMILES string of the molecule is CCN(Cc1ccc2c(c1)OCO2)C(=O)NCc1ccc(N2CCCC2)nc1. The van der Waals surface area contributed by atoms with Gasteiger partial charge in [-0.25, -0.2) is 9.78 Å². The number of carbonyl (C=O) groups excluding carboxylic acids is 1. The summed E-state index contributed by atoms with van der Waals surface area (Å²) in [5, 5.41) is 2.99. The summed E-state index contributed by atoms with van der Waals surface area (Å²) in [5.74, 6) is 2.50. The largest absolute Gasteiger partial charge is 0.454 e. The van der Waals surface area contributed by atoms with E-state index in [-0.39, 0.29) is 12.8 Å².